The Morgan fingerprint density at radius 2 is 1.82 bits per heavy atom. The minimum Gasteiger partial charge on any atom is -0.483 e. The van der Waals surface area contributed by atoms with Gasteiger partial charge in [0.1, 0.15) is 5.75 Å². The molecule has 22 heavy (non-hydrogen) atoms. The second-order valence-corrected chi connectivity index (χ2v) is 5.89. The molecule has 0 aromatic heterocycles. The molecule has 0 spiro atoms. The van der Waals surface area contributed by atoms with E-state index < -0.39 is 0 Å². The van der Waals surface area contributed by atoms with Crippen LogP contribution in [0.4, 0.5) is 0 Å². The number of rotatable bonds is 7. The quantitative estimate of drug-likeness (QED) is 0.788. The van der Waals surface area contributed by atoms with Crippen molar-refractivity contribution in [1.29, 1.82) is 0 Å². The maximum Gasteiger partial charge on any atom is 0.258 e. The summed E-state index contributed by atoms with van der Waals surface area (Å²) in [6, 6.07) is 17.6. The summed E-state index contributed by atoms with van der Waals surface area (Å²) in [6.45, 7) is 2.12. The molecule has 0 fully saturated rings. The number of carbonyl (C=O) groups is 1. The Labute approximate surface area is 139 Å². The van der Waals surface area contributed by atoms with Crippen LogP contribution in [0.15, 0.2) is 59.1 Å². The molecule has 3 nitrogen and oxygen atoms in total. The van der Waals surface area contributed by atoms with Crippen LogP contribution in [-0.4, -0.2) is 12.5 Å². The van der Waals surface area contributed by atoms with E-state index in [1.165, 1.54) is 0 Å². The highest BCUT2D eigenvalue weighted by atomic mass is 79.9. The van der Waals surface area contributed by atoms with Crippen molar-refractivity contribution in [3.8, 4) is 5.75 Å². The van der Waals surface area contributed by atoms with E-state index in [2.05, 4.69) is 28.2 Å². The summed E-state index contributed by atoms with van der Waals surface area (Å²) in [5.74, 6) is 0.558. The van der Waals surface area contributed by atoms with Gasteiger partial charge in [0.15, 0.2) is 6.61 Å². The number of ether oxygens (including phenoxy) is 1. The van der Waals surface area contributed by atoms with Gasteiger partial charge in [-0.15, -0.1) is 0 Å². The molecule has 1 atom stereocenters. The van der Waals surface area contributed by atoms with E-state index in [0.29, 0.717) is 5.75 Å². The lowest BCUT2D eigenvalue weighted by molar-refractivity contribution is -0.123. The highest BCUT2D eigenvalue weighted by Gasteiger charge is 2.14. The van der Waals surface area contributed by atoms with E-state index in [0.717, 1.165) is 22.9 Å². The van der Waals surface area contributed by atoms with Crippen molar-refractivity contribution in [3.05, 3.63) is 64.6 Å². The zero-order valence-corrected chi connectivity index (χ0v) is 14.2. The lowest BCUT2D eigenvalue weighted by Gasteiger charge is -2.19. The molecule has 4 heteroatoms. The first-order valence-corrected chi connectivity index (χ1v) is 8.21. The summed E-state index contributed by atoms with van der Waals surface area (Å²) in [7, 11) is 0. The van der Waals surface area contributed by atoms with Gasteiger partial charge in [0.25, 0.3) is 5.91 Å². The van der Waals surface area contributed by atoms with E-state index in [-0.39, 0.29) is 18.6 Å². The minimum atomic E-state index is -0.113. The molecule has 1 N–H and O–H groups in total. The Hall–Kier alpha value is -1.81. The van der Waals surface area contributed by atoms with Crippen LogP contribution in [0.2, 0.25) is 0 Å². The second kappa shape index (κ2) is 8.59. The van der Waals surface area contributed by atoms with Crippen LogP contribution >= 0.6 is 15.9 Å². The molecule has 0 bridgehead atoms. The Morgan fingerprint density at radius 1 is 1.14 bits per heavy atom. The van der Waals surface area contributed by atoms with Gasteiger partial charge in [-0.1, -0.05) is 55.8 Å². The van der Waals surface area contributed by atoms with Gasteiger partial charge in [0.2, 0.25) is 0 Å². The molecule has 0 aliphatic rings. The molecule has 0 unspecified atom stereocenters. The van der Waals surface area contributed by atoms with E-state index in [1.54, 1.807) is 0 Å². The standard InChI is InChI=1S/C18H20BrNO2/c1-2-8-16(14-9-4-3-5-10-14)20-18(21)13-22-17-12-7-6-11-15(17)19/h3-7,9-12,16H,2,8,13H2,1H3,(H,20,21)/t16-/m1/s1. The maximum atomic E-state index is 12.1. The van der Waals surface area contributed by atoms with Crippen molar-refractivity contribution < 1.29 is 9.53 Å². The predicted molar refractivity (Wildman–Crippen MR) is 91.9 cm³/mol. The van der Waals surface area contributed by atoms with Gasteiger partial charge < -0.3 is 10.1 Å². The smallest absolute Gasteiger partial charge is 0.258 e. The zero-order chi connectivity index (χ0) is 15.8. The number of nitrogens with one attached hydrogen (secondary N) is 1. The van der Waals surface area contributed by atoms with Gasteiger partial charge in [-0.25, -0.2) is 0 Å². The average Bonchev–Trinajstić information content (AvgIpc) is 2.54. The van der Waals surface area contributed by atoms with Crippen molar-refractivity contribution in [2.75, 3.05) is 6.61 Å². The van der Waals surface area contributed by atoms with Crippen LogP contribution in [-0.2, 0) is 4.79 Å². The molecular weight excluding hydrogens is 342 g/mol. The molecule has 0 heterocycles. The first kappa shape index (κ1) is 16.6. The van der Waals surface area contributed by atoms with Crippen LogP contribution < -0.4 is 10.1 Å². The summed E-state index contributed by atoms with van der Waals surface area (Å²) in [5.41, 5.74) is 1.12. The first-order chi connectivity index (χ1) is 10.7. The van der Waals surface area contributed by atoms with Gasteiger partial charge in [-0.3, -0.25) is 4.79 Å². The lowest BCUT2D eigenvalue weighted by Crippen LogP contribution is -2.32. The average molecular weight is 362 g/mol. The van der Waals surface area contributed by atoms with Crippen molar-refractivity contribution >= 4 is 21.8 Å². The number of carbonyl (C=O) groups excluding carboxylic acids is 1. The minimum absolute atomic E-state index is 0.00958. The summed E-state index contributed by atoms with van der Waals surface area (Å²) in [6.07, 6.45) is 1.91. The summed E-state index contributed by atoms with van der Waals surface area (Å²) in [5, 5.41) is 3.04. The fraction of sp³-hybridized carbons (Fsp3) is 0.278. The summed E-state index contributed by atoms with van der Waals surface area (Å²) < 4.78 is 6.40. The van der Waals surface area contributed by atoms with Crippen LogP contribution in [0.25, 0.3) is 0 Å². The van der Waals surface area contributed by atoms with Crippen LogP contribution in [0.3, 0.4) is 0 Å². The van der Waals surface area contributed by atoms with Crippen molar-refractivity contribution in [2.45, 2.75) is 25.8 Å². The Morgan fingerprint density at radius 3 is 2.50 bits per heavy atom. The molecule has 1 amide bonds. The number of benzene rings is 2. The number of hydrogen-bond acceptors (Lipinski definition) is 2. The summed E-state index contributed by atoms with van der Waals surface area (Å²) in [4.78, 5) is 12.1. The first-order valence-electron chi connectivity index (χ1n) is 7.42. The molecule has 2 rings (SSSR count). The second-order valence-electron chi connectivity index (χ2n) is 5.04. The van der Waals surface area contributed by atoms with Gasteiger partial charge in [-0.2, -0.15) is 0 Å². The van der Waals surface area contributed by atoms with E-state index in [9.17, 15) is 4.79 Å². The number of amides is 1. The fourth-order valence-electron chi connectivity index (χ4n) is 2.24. The third-order valence-corrected chi connectivity index (χ3v) is 3.97. The van der Waals surface area contributed by atoms with Crippen LogP contribution in [0.1, 0.15) is 31.4 Å². The van der Waals surface area contributed by atoms with Crippen LogP contribution in [0, 0.1) is 0 Å². The largest absolute Gasteiger partial charge is 0.483 e. The van der Waals surface area contributed by atoms with Crippen molar-refractivity contribution in [1.82, 2.24) is 5.32 Å². The van der Waals surface area contributed by atoms with Gasteiger partial charge in [0, 0.05) is 0 Å². The highest BCUT2D eigenvalue weighted by molar-refractivity contribution is 9.10. The fourth-order valence-corrected chi connectivity index (χ4v) is 2.64. The summed E-state index contributed by atoms with van der Waals surface area (Å²) >= 11 is 3.40. The zero-order valence-electron chi connectivity index (χ0n) is 12.6. The van der Waals surface area contributed by atoms with Crippen molar-refractivity contribution in [2.24, 2.45) is 0 Å². The molecule has 0 saturated carbocycles. The molecule has 116 valence electrons. The number of hydrogen-bond donors (Lipinski definition) is 1. The van der Waals surface area contributed by atoms with Gasteiger partial charge in [-0.05, 0) is 40.0 Å². The normalized spacial score (nSPS) is 11.7. The molecule has 0 aliphatic carbocycles. The predicted octanol–water partition coefficient (Wildman–Crippen LogP) is 4.49. The van der Waals surface area contributed by atoms with Crippen molar-refractivity contribution in [3.63, 3.8) is 0 Å². The third-order valence-electron chi connectivity index (χ3n) is 3.31. The highest BCUT2D eigenvalue weighted by Crippen LogP contribution is 2.23. The lowest BCUT2D eigenvalue weighted by atomic mass is 10.0. The maximum absolute atomic E-state index is 12.1. The molecular formula is C18H20BrNO2. The Kier molecular flexibility index (Phi) is 6.46. The number of halogens is 1. The molecule has 2 aromatic rings. The molecule has 0 saturated heterocycles. The van der Waals surface area contributed by atoms with Crippen LogP contribution in [0.5, 0.6) is 5.75 Å². The SMILES string of the molecule is CCC[C@@H](NC(=O)COc1ccccc1Br)c1ccccc1. The monoisotopic (exact) mass is 361 g/mol. The Bertz CT molecular complexity index is 601. The number of para-hydroxylation sites is 1. The Balaban J connectivity index is 1.93. The van der Waals surface area contributed by atoms with Gasteiger partial charge >= 0.3 is 0 Å². The molecule has 0 radical (unpaired) electrons. The molecule has 2 aromatic carbocycles. The van der Waals surface area contributed by atoms with E-state index in [4.69, 9.17) is 4.74 Å². The van der Waals surface area contributed by atoms with E-state index >= 15 is 0 Å². The third kappa shape index (κ3) is 4.88. The molecule has 0 aliphatic heterocycles. The van der Waals surface area contributed by atoms with Gasteiger partial charge in [0.05, 0.1) is 10.5 Å². The van der Waals surface area contributed by atoms with E-state index in [1.807, 2.05) is 54.6 Å². The topological polar surface area (TPSA) is 38.3 Å².